The summed E-state index contributed by atoms with van der Waals surface area (Å²) >= 11 is 0. The minimum atomic E-state index is 0.0982. The van der Waals surface area contributed by atoms with E-state index in [4.69, 9.17) is 0 Å². The second-order valence-corrected chi connectivity index (χ2v) is 4.90. The third-order valence-electron chi connectivity index (χ3n) is 2.69. The Kier molecular flexibility index (Phi) is 1.95. The largest absolute Gasteiger partial charge is 0.292 e. The molecule has 1 heterocycles. The topological polar surface area (TPSA) is 30.0 Å². The van der Waals surface area contributed by atoms with Gasteiger partial charge in [-0.15, -0.1) is 0 Å². The van der Waals surface area contributed by atoms with Gasteiger partial charge >= 0.3 is 0 Å². The summed E-state index contributed by atoms with van der Waals surface area (Å²) in [5, 5.41) is 0. The normalized spacial score (nSPS) is 19.2. The van der Waals surface area contributed by atoms with Gasteiger partial charge in [0.2, 0.25) is 0 Å². The molecule has 1 aromatic rings. The standard InChI is InChI=1S/C12H15NO/c1-8-4-5-9-6-12(2,3)7-10(14)11(9)13-8/h4-5H,6-7H2,1-3H3. The van der Waals surface area contributed by atoms with Crippen LogP contribution in [-0.2, 0) is 6.42 Å². The predicted octanol–water partition coefficient (Wildman–Crippen LogP) is 2.55. The second-order valence-electron chi connectivity index (χ2n) is 4.90. The molecule has 0 radical (unpaired) electrons. The van der Waals surface area contributed by atoms with Gasteiger partial charge in [0.15, 0.2) is 5.78 Å². The summed E-state index contributed by atoms with van der Waals surface area (Å²) in [4.78, 5) is 16.1. The highest BCUT2D eigenvalue weighted by molar-refractivity contribution is 5.97. The van der Waals surface area contributed by atoms with Gasteiger partial charge in [0, 0.05) is 12.1 Å². The van der Waals surface area contributed by atoms with Gasteiger partial charge < -0.3 is 0 Å². The molecule has 2 heteroatoms. The van der Waals surface area contributed by atoms with E-state index in [1.165, 1.54) is 0 Å². The highest BCUT2D eigenvalue weighted by atomic mass is 16.1. The SMILES string of the molecule is Cc1ccc2c(n1)C(=O)CC(C)(C)C2. The number of hydrogen-bond acceptors (Lipinski definition) is 2. The third-order valence-corrected chi connectivity index (χ3v) is 2.69. The molecular weight excluding hydrogens is 174 g/mol. The van der Waals surface area contributed by atoms with Crippen LogP contribution in [0.15, 0.2) is 12.1 Å². The fraction of sp³-hybridized carbons (Fsp3) is 0.500. The number of aromatic nitrogens is 1. The Morgan fingerprint density at radius 1 is 1.29 bits per heavy atom. The number of rotatable bonds is 0. The summed E-state index contributed by atoms with van der Waals surface area (Å²) in [5.41, 5.74) is 2.83. The van der Waals surface area contributed by atoms with Gasteiger partial charge in [0.1, 0.15) is 5.69 Å². The van der Waals surface area contributed by atoms with Crippen LogP contribution in [0.5, 0.6) is 0 Å². The van der Waals surface area contributed by atoms with Crippen molar-refractivity contribution < 1.29 is 4.79 Å². The maximum absolute atomic E-state index is 11.8. The molecule has 2 nitrogen and oxygen atoms in total. The first-order valence-electron chi connectivity index (χ1n) is 4.98. The molecule has 1 aliphatic carbocycles. The van der Waals surface area contributed by atoms with Gasteiger partial charge in [0.25, 0.3) is 0 Å². The highest BCUT2D eigenvalue weighted by Gasteiger charge is 2.31. The molecule has 1 aromatic heterocycles. The van der Waals surface area contributed by atoms with E-state index in [-0.39, 0.29) is 11.2 Å². The van der Waals surface area contributed by atoms with Crippen LogP contribution in [-0.4, -0.2) is 10.8 Å². The fourth-order valence-corrected chi connectivity index (χ4v) is 2.07. The minimum Gasteiger partial charge on any atom is -0.292 e. The first-order chi connectivity index (χ1) is 6.48. The molecule has 14 heavy (non-hydrogen) atoms. The Morgan fingerprint density at radius 3 is 2.71 bits per heavy atom. The fourth-order valence-electron chi connectivity index (χ4n) is 2.07. The van der Waals surface area contributed by atoms with Gasteiger partial charge in [-0.2, -0.15) is 0 Å². The van der Waals surface area contributed by atoms with Gasteiger partial charge in [-0.3, -0.25) is 4.79 Å². The van der Waals surface area contributed by atoms with Gasteiger partial charge in [-0.05, 0) is 30.4 Å². The van der Waals surface area contributed by atoms with E-state index in [0.717, 1.165) is 17.7 Å². The third kappa shape index (κ3) is 1.57. The molecule has 0 aromatic carbocycles. The molecule has 0 saturated heterocycles. The lowest BCUT2D eigenvalue weighted by molar-refractivity contribution is 0.0906. The Morgan fingerprint density at radius 2 is 2.00 bits per heavy atom. The molecule has 1 aliphatic rings. The van der Waals surface area contributed by atoms with E-state index < -0.39 is 0 Å². The highest BCUT2D eigenvalue weighted by Crippen LogP contribution is 2.33. The molecule has 0 unspecified atom stereocenters. The van der Waals surface area contributed by atoms with Crippen molar-refractivity contribution in [3.8, 4) is 0 Å². The Balaban J connectivity index is 2.50. The number of aryl methyl sites for hydroxylation is 1. The minimum absolute atomic E-state index is 0.0982. The Bertz CT molecular complexity index is 393. The zero-order valence-corrected chi connectivity index (χ0v) is 8.92. The van der Waals surface area contributed by atoms with Crippen molar-refractivity contribution in [1.82, 2.24) is 4.98 Å². The average Bonchev–Trinajstić information content (AvgIpc) is 2.05. The van der Waals surface area contributed by atoms with Crippen molar-refractivity contribution in [2.75, 3.05) is 0 Å². The van der Waals surface area contributed by atoms with Crippen LogP contribution in [0.4, 0.5) is 0 Å². The first kappa shape index (κ1) is 9.38. The summed E-state index contributed by atoms with van der Waals surface area (Å²) in [6.45, 7) is 6.19. The number of carbonyl (C=O) groups is 1. The van der Waals surface area contributed by atoms with E-state index in [1.54, 1.807) is 0 Å². The molecule has 2 rings (SSSR count). The van der Waals surface area contributed by atoms with Crippen molar-refractivity contribution in [2.45, 2.75) is 33.6 Å². The van der Waals surface area contributed by atoms with Crippen molar-refractivity contribution in [3.63, 3.8) is 0 Å². The first-order valence-corrected chi connectivity index (χ1v) is 4.98. The molecule has 0 spiro atoms. The molecule has 0 aliphatic heterocycles. The van der Waals surface area contributed by atoms with E-state index in [0.29, 0.717) is 12.1 Å². The predicted molar refractivity (Wildman–Crippen MR) is 55.4 cm³/mol. The van der Waals surface area contributed by atoms with Gasteiger partial charge in [-0.1, -0.05) is 19.9 Å². The number of hydrogen-bond donors (Lipinski definition) is 0. The number of Topliss-reactive ketones (excluding diaryl/α,β-unsaturated/α-hetero) is 1. The maximum atomic E-state index is 11.8. The number of carbonyl (C=O) groups excluding carboxylic acids is 1. The van der Waals surface area contributed by atoms with Gasteiger partial charge in [0.05, 0.1) is 0 Å². The molecule has 0 fully saturated rings. The number of nitrogens with zero attached hydrogens (tertiary/aromatic N) is 1. The summed E-state index contributed by atoms with van der Waals surface area (Å²) in [6.07, 6.45) is 1.58. The molecule has 0 amide bonds. The number of pyridine rings is 1. The lowest BCUT2D eigenvalue weighted by Gasteiger charge is -2.29. The smallest absolute Gasteiger partial charge is 0.182 e. The monoisotopic (exact) mass is 189 g/mol. The quantitative estimate of drug-likeness (QED) is 0.627. The number of ketones is 1. The molecule has 0 atom stereocenters. The van der Waals surface area contributed by atoms with Crippen molar-refractivity contribution >= 4 is 5.78 Å². The molecule has 0 saturated carbocycles. The zero-order chi connectivity index (χ0) is 10.3. The summed E-state index contributed by atoms with van der Waals surface area (Å²) < 4.78 is 0. The van der Waals surface area contributed by atoms with Crippen LogP contribution in [0.2, 0.25) is 0 Å². The maximum Gasteiger partial charge on any atom is 0.182 e. The van der Waals surface area contributed by atoms with Crippen molar-refractivity contribution in [2.24, 2.45) is 5.41 Å². The molecule has 0 N–H and O–H groups in total. The second kappa shape index (κ2) is 2.91. The van der Waals surface area contributed by atoms with E-state index >= 15 is 0 Å². The summed E-state index contributed by atoms with van der Waals surface area (Å²) in [6, 6.07) is 4.02. The summed E-state index contributed by atoms with van der Waals surface area (Å²) in [5.74, 6) is 0.194. The van der Waals surface area contributed by atoms with Crippen LogP contribution in [0.3, 0.4) is 0 Å². The van der Waals surface area contributed by atoms with Crippen molar-refractivity contribution in [3.05, 3.63) is 29.1 Å². The lowest BCUT2D eigenvalue weighted by atomic mass is 9.75. The summed E-state index contributed by atoms with van der Waals surface area (Å²) in [7, 11) is 0. The van der Waals surface area contributed by atoms with Crippen LogP contribution >= 0.6 is 0 Å². The van der Waals surface area contributed by atoms with Crippen LogP contribution in [0.1, 0.15) is 42.0 Å². The van der Waals surface area contributed by atoms with E-state index in [1.807, 2.05) is 19.1 Å². The van der Waals surface area contributed by atoms with Crippen LogP contribution in [0, 0.1) is 12.3 Å². The number of fused-ring (bicyclic) bond motifs is 1. The van der Waals surface area contributed by atoms with E-state index in [9.17, 15) is 4.79 Å². The van der Waals surface area contributed by atoms with E-state index in [2.05, 4.69) is 18.8 Å². The Labute approximate surface area is 84.4 Å². The average molecular weight is 189 g/mol. The molecule has 74 valence electrons. The lowest BCUT2D eigenvalue weighted by Crippen LogP contribution is -2.27. The van der Waals surface area contributed by atoms with Gasteiger partial charge in [-0.25, -0.2) is 4.98 Å². The van der Waals surface area contributed by atoms with Crippen LogP contribution in [0.25, 0.3) is 0 Å². The molecule has 0 bridgehead atoms. The zero-order valence-electron chi connectivity index (χ0n) is 8.92. The molecular formula is C12H15NO. The Hall–Kier alpha value is -1.18. The van der Waals surface area contributed by atoms with Crippen molar-refractivity contribution in [1.29, 1.82) is 0 Å². The van der Waals surface area contributed by atoms with Crippen LogP contribution < -0.4 is 0 Å².